The number of nitrogens with zero attached hydrogens (tertiary/aromatic N) is 2. The molecule has 1 fully saturated rings. The molecule has 2 aromatic rings. The van der Waals surface area contributed by atoms with E-state index in [4.69, 9.17) is 4.74 Å². The molecule has 154 valence electrons. The van der Waals surface area contributed by atoms with E-state index < -0.39 is 16.9 Å². The van der Waals surface area contributed by atoms with Gasteiger partial charge in [0.1, 0.15) is 17.3 Å². The molecule has 0 heterocycles. The number of nitro groups is 1. The van der Waals surface area contributed by atoms with E-state index in [2.05, 4.69) is 5.32 Å². The number of aliphatic hydroxyl groups is 1. The Bertz CT molecular complexity index is 886. The van der Waals surface area contributed by atoms with Gasteiger partial charge in [0, 0.05) is 12.6 Å². The highest BCUT2D eigenvalue weighted by Crippen LogP contribution is 2.31. The largest absolute Gasteiger partial charge is 0.496 e. The number of carbonyl (C=O) groups excluding carboxylic acids is 1. The number of nitro benzene ring substituents is 1. The van der Waals surface area contributed by atoms with E-state index in [1.54, 1.807) is 0 Å². The van der Waals surface area contributed by atoms with Gasteiger partial charge in [-0.05, 0) is 42.7 Å². The maximum atomic E-state index is 13.1. The first-order chi connectivity index (χ1) is 13.9. The quantitative estimate of drug-likeness (QED) is 0.493. The van der Waals surface area contributed by atoms with Crippen molar-refractivity contribution in [3.8, 4) is 5.75 Å². The van der Waals surface area contributed by atoms with Crippen LogP contribution < -0.4 is 10.1 Å². The zero-order valence-electron chi connectivity index (χ0n) is 15.9. The molecule has 2 N–H and O–H groups in total. The lowest BCUT2D eigenvalue weighted by atomic mass is 10.1. The second kappa shape index (κ2) is 8.97. The average molecular weight is 403 g/mol. The number of halogens is 1. The van der Waals surface area contributed by atoms with Gasteiger partial charge in [-0.25, -0.2) is 4.39 Å². The minimum Gasteiger partial charge on any atom is -0.496 e. The van der Waals surface area contributed by atoms with Gasteiger partial charge in [-0.2, -0.15) is 0 Å². The summed E-state index contributed by atoms with van der Waals surface area (Å²) in [7, 11) is 1.40. The summed E-state index contributed by atoms with van der Waals surface area (Å²) in [5, 5.41) is 24.3. The average Bonchev–Trinajstić information content (AvgIpc) is 3.53. The molecular formula is C20H22FN3O5. The Morgan fingerprint density at radius 1 is 1.34 bits per heavy atom. The molecule has 1 aliphatic rings. The molecule has 1 amide bonds. The van der Waals surface area contributed by atoms with E-state index in [1.165, 1.54) is 49.6 Å². The van der Waals surface area contributed by atoms with E-state index in [-0.39, 0.29) is 36.3 Å². The minimum absolute atomic E-state index is 0.0217. The maximum absolute atomic E-state index is 13.1. The summed E-state index contributed by atoms with van der Waals surface area (Å²) in [4.78, 5) is 25.0. The number of anilines is 1. The van der Waals surface area contributed by atoms with Crippen molar-refractivity contribution < 1.29 is 24.0 Å². The molecule has 0 radical (unpaired) electrons. The van der Waals surface area contributed by atoms with Crippen LogP contribution in [0.1, 0.15) is 24.5 Å². The first-order valence-corrected chi connectivity index (χ1v) is 9.17. The van der Waals surface area contributed by atoms with Crippen LogP contribution in [0.2, 0.25) is 0 Å². The Hall–Kier alpha value is -3.04. The van der Waals surface area contributed by atoms with Crippen molar-refractivity contribution in [1.29, 1.82) is 0 Å². The lowest BCUT2D eigenvalue weighted by Crippen LogP contribution is -2.37. The second-order valence-electron chi connectivity index (χ2n) is 6.92. The number of nitrogens with one attached hydrogen (secondary N) is 1. The Labute approximate surface area is 167 Å². The van der Waals surface area contributed by atoms with Gasteiger partial charge in [0.2, 0.25) is 5.91 Å². The summed E-state index contributed by atoms with van der Waals surface area (Å²) < 4.78 is 18.1. The van der Waals surface area contributed by atoms with Gasteiger partial charge in [-0.1, -0.05) is 12.1 Å². The Balaban J connectivity index is 1.66. The number of carbonyl (C=O) groups is 1. The molecule has 3 rings (SSSR count). The maximum Gasteiger partial charge on any atom is 0.296 e. The van der Waals surface area contributed by atoms with Crippen molar-refractivity contribution in [3.63, 3.8) is 0 Å². The third kappa shape index (κ3) is 5.49. The van der Waals surface area contributed by atoms with Crippen LogP contribution in [0.5, 0.6) is 5.75 Å². The van der Waals surface area contributed by atoms with Gasteiger partial charge >= 0.3 is 0 Å². The molecule has 0 saturated heterocycles. The van der Waals surface area contributed by atoms with Gasteiger partial charge in [-0.15, -0.1) is 0 Å². The van der Waals surface area contributed by atoms with Crippen molar-refractivity contribution in [3.05, 3.63) is 64.0 Å². The number of ether oxygens (including phenoxy) is 1. The first kappa shape index (κ1) is 20.7. The third-order valence-electron chi connectivity index (χ3n) is 4.75. The van der Waals surface area contributed by atoms with E-state index in [1.807, 2.05) is 4.90 Å². The summed E-state index contributed by atoms with van der Waals surface area (Å²) in [5.41, 5.74) is 0.376. The normalized spacial score (nSPS) is 14.5. The van der Waals surface area contributed by atoms with E-state index >= 15 is 0 Å². The number of hydrogen-bond acceptors (Lipinski definition) is 6. The fourth-order valence-electron chi connectivity index (χ4n) is 3.06. The first-order valence-electron chi connectivity index (χ1n) is 9.17. The standard InChI is InChI=1S/C20H22FN3O5/c1-29-16-8-9-17(18(10-16)24(27)28)22-20(26)12-23(15-6-7-15)11-19(25)13-2-4-14(21)5-3-13/h2-5,8-10,15,19,25H,6-7,11-12H2,1H3,(H,22,26). The molecule has 1 aliphatic carbocycles. The molecule has 1 unspecified atom stereocenters. The molecule has 1 atom stereocenters. The van der Waals surface area contributed by atoms with Crippen molar-refractivity contribution in [2.45, 2.75) is 25.0 Å². The van der Waals surface area contributed by atoms with Crippen LogP contribution in [-0.2, 0) is 4.79 Å². The third-order valence-corrected chi connectivity index (χ3v) is 4.75. The van der Waals surface area contributed by atoms with Crippen molar-refractivity contribution >= 4 is 17.3 Å². The van der Waals surface area contributed by atoms with Crippen LogP contribution in [0.4, 0.5) is 15.8 Å². The summed E-state index contributed by atoms with van der Waals surface area (Å²) in [6, 6.07) is 9.92. The monoisotopic (exact) mass is 403 g/mol. The fourth-order valence-corrected chi connectivity index (χ4v) is 3.06. The van der Waals surface area contributed by atoms with E-state index in [0.29, 0.717) is 11.3 Å². The summed E-state index contributed by atoms with van der Waals surface area (Å²) in [6.45, 7) is 0.181. The van der Waals surface area contributed by atoms with Crippen molar-refractivity contribution in [1.82, 2.24) is 4.90 Å². The fraction of sp³-hybridized carbons (Fsp3) is 0.350. The van der Waals surface area contributed by atoms with Crippen LogP contribution in [0.15, 0.2) is 42.5 Å². The molecule has 2 aromatic carbocycles. The van der Waals surface area contributed by atoms with E-state index in [0.717, 1.165) is 12.8 Å². The van der Waals surface area contributed by atoms with Gasteiger partial charge < -0.3 is 15.2 Å². The van der Waals surface area contributed by atoms with Gasteiger partial charge in [0.25, 0.3) is 5.69 Å². The van der Waals surface area contributed by atoms with Crippen LogP contribution >= 0.6 is 0 Å². The zero-order chi connectivity index (χ0) is 21.0. The zero-order valence-corrected chi connectivity index (χ0v) is 15.9. The highest BCUT2D eigenvalue weighted by atomic mass is 19.1. The number of methoxy groups -OCH3 is 1. The predicted octanol–water partition coefficient (Wildman–Crippen LogP) is 2.88. The number of benzene rings is 2. The highest BCUT2D eigenvalue weighted by Gasteiger charge is 2.32. The molecule has 0 spiro atoms. The summed E-state index contributed by atoms with van der Waals surface area (Å²) in [6.07, 6.45) is 0.942. The minimum atomic E-state index is -0.876. The molecule has 8 nitrogen and oxygen atoms in total. The highest BCUT2D eigenvalue weighted by molar-refractivity contribution is 5.94. The van der Waals surface area contributed by atoms with Crippen LogP contribution in [-0.4, -0.2) is 47.1 Å². The lowest BCUT2D eigenvalue weighted by molar-refractivity contribution is -0.384. The topological polar surface area (TPSA) is 105 Å². The Kier molecular flexibility index (Phi) is 6.40. The number of hydrogen-bond donors (Lipinski definition) is 2. The second-order valence-corrected chi connectivity index (χ2v) is 6.92. The number of rotatable bonds is 9. The number of amides is 1. The van der Waals surface area contributed by atoms with Crippen molar-refractivity contribution in [2.24, 2.45) is 0 Å². The molecular weight excluding hydrogens is 381 g/mol. The smallest absolute Gasteiger partial charge is 0.296 e. The Morgan fingerprint density at radius 2 is 2.03 bits per heavy atom. The van der Waals surface area contributed by atoms with Crippen LogP contribution in [0.3, 0.4) is 0 Å². The Morgan fingerprint density at radius 3 is 2.62 bits per heavy atom. The molecule has 0 aliphatic heterocycles. The van der Waals surface area contributed by atoms with E-state index in [9.17, 15) is 24.4 Å². The SMILES string of the molecule is COc1ccc(NC(=O)CN(CC(O)c2ccc(F)cc2)C2CC2)c([N+](=O)[O-])c1. The summed E-state index contributed by atoms with van der Waals surface area (Å²) in [5.74, 6) is -0.492. The molecule has 0 aromatic heterocycles. The van der Waals surface area contributed by atoms with Gasteiger partial charge in [0.15, 0.2) is 0 Å². The lowest BCUT2D eigenvalue weighted by Gasteiger charge is -2.24. The van der Waals surface area contributed by atoms with Gasteiger partial charge in [-0.3, -0.25) is 19.8 Å². The molecule has 29 heavy (non-hydrogen) atoms. The van der Waals surface area contributed by atoms with Crippen LogP contribution in [0.25, 0.3) is 0 Å². The van der Waals surface area contributed by atoms with Crippen LogP contribution in [0, 0.1) is 15.9 Å². The molecule has 9 heteroatoms. The molecule has 0 bridgehead atoms. The van der Waals surface area contributed by atoms with Crippen molar-refractivity contribution in [2.75, 3.05) is 25.5 Å². The van der Waals surface area contributed by atoms with Gasteiger partial charge in [0.05, 0.1) is 30.7 Å². The number of aliphatic hydroxyl groups excluding tert-OH is 1. The predicted molar refractivity (Wildman–Crippen MR) is 104 cm³/mol. The summed E-state index contributed by atoms with van der Waals surface area (Å²) >= 11 is 0. The molecule has 1 saturated carbocycles.